The van der Waals surface area contributed by atoms with Crippen LogP contribution in [-0.2, 0) is 6.42 Å². The molecule has 2 aromatic rings. The first-order chi connectivity index (χ1) is 14.4. The molecule has 0 aromatic heterocycles. The van der Waals surface area contributed by atoms with Gasteiger partial charge in [-0.2, -0.15) is 0 Å². The van der Waals surface area contributed by atoms with E-state index in [4.69, 9.17) is 9.47 Å². The molecule has 1 unspecified atom stereocenters. The fourth-order valence-electron chi connectivity index (χ4n) is 3.97. The predicted octanol–water partition coefficient (Wildman–Crippen LogP) is 1.85. The van der Waals surface area contributed by atoms with Crippen LogP contribution in [-0.4, -0.2) is 52.8 Å². The molecule has 0 amide bonds. The molecule has 4 rings (SSSR count). The molecule has 0 aliphatic carbocycles. The number of benzene rings is 2. The third-order valence-corrected chi connectivity index (χ3v) is 5.63. The van der Waals surface area contributed by atoms with Crippen LogP contribution in [0.1, 0.15) is 30.1 Å². The van der Waals surface area contributed by atoms with Gasteiger partial charge in [0.15, 0.2) is 0 Å². The van der Waals surface area contributed by atoms with E-state index in [0.29, 0.717) is 29.9 Å². The van der Waals surface area contributed by atoms with Crippen LogP contribution in [0.5, 0.6) is 11.5 Å². The average molecular weight is 421 g/mol. The Labute approximate surface area is 173 Å². The van der Waals surface area contributed by atoms with Crippen LogP contribution < -0.4 is 14.8 Å². The SMILES string of the molecule is O[C@H]1C[C@H]([C@@H](O)CNC[C@H](O)C2CCc3cc(F)ccc3O2)Oc2ccc(F)cc21. The number of rotatable bonds is 6. The fourth-order valence-corrected chi connectivity index (χ4v) is 3.97. The van der Waals surface area contributed by atoms with Gasteiger partial charge < -0.3 is 30.1 Å². The van der Waals surface area contributed by atoms with E-state index < -0.39 is 36.3 Å². The summed E-state index contributed by atoms with van der Waals surface area (Å²) in [6.45, 7) is 0.328. The predicted molar refractivity (Wildman–Crippen MR) is 104 cm³/mol. The first kappa shape index (κ1) is 21.0. The van der Waals surface area contributed by atoms with Gasteiger partial charge in [0, 0.05) is 25.1 Å². The van der Waals surface area contributed by atoms with Crippen molar-refractivity contribution in [3.8, 4) is 11.5 Å². The van der Waals surface area contributed by atoms with Crippen molar-refractivity contribution in [3.05, 3.63) is 59.2 Å². The maximum absolute atomic E-state index is 13.3. The highest BCUT2D eigenvalue weighted by molar-refractivity contribution is 5.38. The molecule has 0 spiro atoms. The molecule has 0 radical (unpaired) electrons. The van der Waals surface area contributed by atoms with E-state index >= 15 is 0 Å². The Hall–Kier alpha value is -2.26. The summed E-state index contributed by atoms with van der Waals surface area (Å²) >= 11 is 0. The summed E-state index contributed by atoms with van der Waals surface area (Å²) in [6, 6.07) is 8.24. The molecule has 0 saturated heterocycles. The van der Waals surface area contributed by atoms with Crippen molar-refractivity contribution in [1.29, 1.82) is 0 Å². The highest BCUT2D eigenvalue weighted by Gasteiger charge is 2.32. The second kappa shape index (κ2) is 8.85. The number of aliphatic hydroxyl groups is 3. The highest BCUT2D eigenvalue weighted by Crippen LogP contribution is 2.36. The van der Waals surface area contributed by atoms with Gasteiger partial charge in [0.1, 0.15) is 47.5 Å². The van der Waals surface area contributed by atoms with E-state index in [9.17, 15) is 24.1 Å². The van der Waals surface area contributed by atoms with Gasteiger partial charge in [-0.15, -0.1) is 0 Å². The molecule has 30 heavy (non-hydrogen) atoms. The summed E-state index contributed by atoms with van der Waals surface area (Å²) in [7, 11) is 0. The van der Waals surface area contributed by atoms with Crippen LogP contribution in [0.3, 0.4) is 0 Å². The molecule has 5 atom stereocenters. The Morgan fingerprint density at radius 2 is 1.57 bits per heavy atom. The topological polar surface area (TPSA) is 91.2 Å². The van der Waals surface area contributed by atoms with Gasteiger partial charge in [-0.25, -0.2) is 8.78 Å². The highest BCUT2D eigenvalue weighted by atomic mass is 19.1. The molecule has 162 valence electrons. The van der Waals surface area contributed by atoms with E-state index in [1.54, 1.807) is 6.07 Å². The summed E-state index contributed by atoms with van der Waals surface area (Å²) in [6.07, 6.45) is -2.43. The number of nitrogens with one attached hydrogen (secondary N) is 1. The molecular weight excluding hydrogens is 396 g/mol. The van der Waals surface area contributed by atoms with E-state index in [-0.39, 0.29) is 25.3 Å². The Morgan fingerprint density at radius 1 is 0.933 bits per heavy atom. The van der Waals surface area contributed by atoms with Crippen LogP contribution in [0.2, 0.25) is 0 Å². The van der Waals surface area contributed by atoms with Gasteiger partial charge in [-0.1, -0.05) is 0 Å². The Kier molecular flexibility index (Phi) is 6.19. The Bertz CT molecular complexity index is 896. The molecule has 2 aliphatic heterocycles. The summed E-state index contributed by atoms with van der Waals surface area (Å²) in [4.78, 5) is 0. The second-order valence-electron chi connectivity index (χ2n) is 7.83. The first-order valence-electron chi connectivity index (χ1n) is 10.1. The number of ether oxygens (including phenoxy) is 2. The molecule has 4 N–H and O–H groups in total. The molecule has 8 heteroatoms. The van der Waals surface area contributed by atoms with E-state index in [1.165, 1.54) is 30.3 Å². The van der Waals surface area contributed by atoms with E-state index in [2.05, 4.69) is 5.32 Å². The van der Waals surface area contributed by atoms with Crippen LogP contribution in [0.15, 0.2) is 36.4 Å². The van der Waals surface area contributed by atoms with Gasteiger partial charge in [0.2, 0.25) is 0 Å². The third-order valence-electron chi connectivity index (χ3n) is 5.63. The van der Waals surface area contributed by atoms with Crippen molar-refractivity contribution in [2.75, 3.05) is 13.1 Å². The monoisotopic (exact) mass is 421 g/mol. The number of aryl methyl sites for hydroxylation is 1. The van der Waals surface area contributed by atoms with Crippen molar-refractivity contribution in [2.24, 2.45) is 0 Å². The number of fused-ring (bicyclic) bond motifs is 2. The number of hydrogen-bond acceptors (Lipinski definition) is 6. The van der Waals surface area contributed by atoms with Gasteiger partial charge in [-0.3, -0.25) is 0 Å². The van der Waals surface area contributed by atoms with Crippen LogP contribution in [0.4, 0.5) is 8.78 Å². The van der Waals surface area contributed by atoms with Crippen LogP contribution in [0.25, 0.3) is 0 Å². The smallest absolute Gasteiger partial charge is 0.129 e. The average Bonchev–Trinajstić information content (AvgIpc) is 2.73. The molecule has 2 aliphatic rings. The minimum Gasteiger partial charge on any atom is -0.487 e. The lowest BCUT2D eigenvalue weighted by Gasteiger charge is -2.33. The van der Waals surface area contributed by atoms with Gasteiger partial charge >= 0.3 is 0 Å². The fraction of sp³-hybridized carbons (Fsp3) is 0.455. The summed E-state index contributed by atoms with van der Waals surface area (Å²) < 4.78 is 38.1. The maximum atomic E-state index is 13.3. The zero-order valence-corrected chi connectivity index (χ0v) is 16.3. The molecule has 2 aromatic carbocycles. The second-order valence-corrected chi connectivity index (χ2v) is 7.83. The van der Waals surface area contributed by atoms with Crippen LogP contribution >= 0.6 is 0 Å². The van der Waals surface area contributed by atoms with Gasteiger partial charge in [0.05, 0.1) is 6.10 Å². The van der Waals surface area contributed by atoms with Crippen LogP contribution in [0, 0.1) is 11.6 Å². The van der Waals surface area contributed by atoms with Gasteiger partial charge in [0.25, 0.3) is 0 Å². The summed E-state index contributed by atoms with van der Waals surface area (Å²) in [5, 5.41) is 34.1. The first-order valence-corrected chi connectivity index (χ1v) is 10.1. The lowest BCUT2D eigenvalue weighted by molar-refractivity contribution is -0.0175. The van der Waals surface area contributed by atoms with Crippen molar-refractivity contribution in [3.63, 3.8) is 0 Å². The van der Waals surface area contributed by atoms with E-state index in [1.807, 2.05) is 0 Å². The number of halogens is 2. The zero-order valence-electron chi connectivity index (χ0n) is 16.3. The quantitative estimate of drug-likeness (QED) is 0.569. The molecule has 6 nitrogen and oxygen atoms in total. The lowest BCUT2D eigenvalue weighted by Crippen LogP contribution is -2.46. The van der Waals surface area contributed by atoms with E-state index in [0.717, 1.165) is 5.56 Å². The lowest BCUT2D eigenvalue weighted by atomic mass is 9.96. The minimum absolute atomic E-state index is 0.138. The van der Waals surface area contributed by atoms with Crippen molar-refractivity contribution in [1.82, 2.24) is 5.32 Å². The molecule has 2 heterocycles. The molecular formula is C22H25F2NO5. The third kappa shape index (κ3) is 4.57. The van der Waals surface area contributed by atoms with Crippen molar-refractivity contribution < 1.29 is 33.6 Å². The standard InChI is InChI=1S/C22H25F2NO5/c23-13-2-5-19-12(7-13)1-4-21(29-19)17(27)10-25-11-18(28)22-9-16(26)15-8-14(24)3-6-20(15)30-22/h2-3,5-8,16-18,21-22,25-28H,1,4,9-11H2/t16-,17-,18-,21?,22+/m0/s1. The maximum Gasteiger partial charge on any atom is 0.129 e. The van der Waals surface area contributed by atoms with Crippen molar-refractivity contribution >= 4 is 0 Å². The summed E-state index contributed by atoms with van der Waals surface area (Å²) in [5.41, 5.74) is 1.16. The summed E-state index contributed by atoms with van der Waals surface area (Å²) in [5.74, 6) is 0.162. The largest absolute Gasteiger partial charge is 0.487 e. The Morgan fingerprint density at radius 3 is 2.33 bits per heavy atom. The van der Waals surface area contributed by atoms with Crippen molar-refractivity contribution in [2.45, 2.75) is 49.8 Å². The number of aliphatic hydroxyl groups excluding tert-OH is 3. The molecule has 0 saturated carbocycles. The molecule has 0 fully saturated rings. The minimum atomic E-state index is -0.930. The number of hydrogen-bond donors (Lipinski definition) is 4. The zero-order chi connectivity index (χ0) is 21.3. The molecule has 0 bridgehead atoms. The normalized spacial score (nSPS) is 24.8. The van der Waals surface area contributed by atoms with Gasteiger partial charge in [-0.05, 0) is 54.8 Å². The Balaban J connectivity index is 1.26.